The summed E-state index contributed by atoms with van der Waals surface area (Å²) in [5, 5.41) is 11.1. The van der Waals surface area contributed by atoms with E-state index in [0.29, 0.717) is 18.7 Å². The van der Waals surface area contributed by atoms with Gasteiger partial charge in [-0.05, 0) is 18.6 Å². The Kier molecular flexibility index (Phi) is 2.26. The van der Waals surface area contributed by atoms with Gasteiger partial charge in [0.05, 0.1) is 4.92 Å². The number of nitrogens with zero attached hydrogens (tertiary/aromatic N) is 4. The Balaban J connectivity index is 2.35. The normalized spacial score (nSPS) is 14.6. The molecule has 0 radical (unpaired) electrons. The van der Waals surface area contributed by atoms with Crippen LogP contribution in [0.4, 0.5) is 11.5 Å². The van der Waals surface area contributed by atoms with E-state index in [4.69, 9.17) is 0 Å². The van der Waals surface area contributed by atoms with Crippen LogP contribution in [-0.2, 0) is 0 Å². The van der Waals surface area contributed by atoms with Crippen molar-refractivity contribution in [3.05, 3.63) is 44.9 Å². The largest absolute Gasteiger partial charge is 0.376 e. The number of hydrogen-bond acceptors (Lipinski definition) is 5. The molecule has 0 atom stereocenters. The molecule has 1 aliphatic heterocycles. The van der Waals surface area contributed by atoms with Crippen molar-refractivity contribution in [2.45, 2.75) is 6.42 Å². The zero-order chi connectivity index (χ0) is 12.7. The highest BCUT2D eigenvalue weighted by atomic mass is 16.6. The van der Waals surface area contributed by atoms with E-state index in [2.05, 4.69) is 4.98 Å². The van der Waals surface area contributed by atoms with Crippen LogP contribution in [0.15, 0.2) is 29.2 Å². The Morgan fingerprint density at radius 2 is 2.11 bits per heavy atom. The summed E-state index contributed by atoms with van der Waals surface area (Å²) in [6, 6.07) is 5.05. The zero-order valence-corrected chi connectivity index (χ0v) is 9.44. The lowest BCUT2D eigenvalue weighted by atomic mass is 10.2. The lowest BCUT2D eigenvalue weighted by Crippen LogP contribution is -2.39. The van der Waals surface area contributed by atoms with E-state index >= 15 is 0 Å². The van der Waals surface area contributed by atoms with Gasteiger partial charge in [-0.3, -0.25) is 19.3 Å². The molecule has 2 aromatic rings. The smallest absolute Gasteiger partial charge is 0.351 e. The number of hydrogen-bond donors (Lipinski definition) is 0. The van der Waals surface area contributed by atoms with E-state index in [-0.39, 0.29) is 5.82 Å². The van der Waals surface area contributed by atoms with Crippen LogP contribution in [0.2, 0.25) is 0 Å². The van der Waals surface area contributed by atoms with E-state index in [1.54, 1.807) is 23.1 Å². The fraction of sp³-hybridized carbons (Fsp3) is 0.273. The van der Waals surface area contributed by atoms with Gasteiger partial charge in [0.2, 0.25) is 5.82 Å². The van der Waals surface area contributed by atoms with Crippen molar-refractivity contribution in [2.24, 2.45) is 0 Å². The van der Waals surface area contributed by atoms with Crippen LogP contribution >= 0.6 is 0 Å². The van der Waals surface area contributed by atoms with Crippen LogP contribution in [0.5, 0.6) is 0 Å². The van der Waals surface area contributed by atoms with Gasteiger partial charge in [-0.2, -0.15) is 0 Å². The Labute approximate surface area is 101 Å². The second-order valence-corrected chi connectivity index (χ2v) is 4.12. The molecule has 18 heavy (non-hydrogen) atoms. The molecule has 0 unspecified atom stereocenters. The highest BCUT2D eigenvalue weighted by molar-refractivity contribution is 5.62. The van der Waals surface area contributed by atoms with Gasteiger partial charge >= 0.3 is 11.2 Å². The third-order valence-corrected chi connectivity index (χ3v) is 3.03. The Morgan fingerprint density at radius 3 is 2.72 bits per heavy atom. The van der Waals surface area contributed by atoms with Crippen molar-refractivity contribution in [2.75, 3.05) is 18.0 Å². The molecule has 3 rings (SSSR count). The molecular formula is C11H10N4O3. The van der Waals surface area contributed by atoms with Crippen molar-refractivity contribution >= 4 is 17.2 Å². The molecule has 2 aromatic heterocycles. The predicted octanol–water partition coefficient (Wildman–Crippen LogP) is 0.813. The minimum Gasteiger partial charge on any atom is -0.351 e. The van der Waals surface area contributed by atoms with Gasteiger partial charge in [0.15, 0.2) is 0 Å². The monoisotopic (exact) mass is 246 g/mol. The van der Waals surface area contributed by atoms with Gasteiger partial charge in [-0.1, -0.05) is 6.07 Å². The van der Waals surface area contributed by atoms with Crippen molar-refractivity contribution < 1.29 is 4.92 Å². The van der Waals surface area contributed by atoms with E-state index in [9.17, 15) is 14.9 Å². The van der Waals surface area contributed by atoms with E-state index in [1.165, 1.54) is 10.6 Å². The molecule has 1 saturated heterocycles. The highest BCUT2D eigenvalue weighted by Crippen LogP contribution is 2.26. The Bertz CT molecular complexity index is 690. The third-order valence-electron chi connectivity index (χ3n) is 3.03. The lowest BCUT2D eigenvalue weighted by molar-refractivity contribution is -0.385. The fourth-order valence-corrected chi connectivity index (χ4v) is 1.98. The summed E-state index contributed by atoms with van der Waals surface area (Å²) in [6.07, 6.45) is 2.45. The van der Waals surface area contributed by atoms with Crippen LogP contribution in [0.1, 0.15) is 6.42 Å². The maximum atomic E-state index is 12.1. The minimum atomic E-state index is -0.650. The van der Waals surface area contributed by atoms with Crippen LogP contribution < -0.4 is 10.5 Å². The minimum absolute atomic E-state index is 0.183. The number of aromatic nitrogens is 2. The molecule has 0 amide bonds. The number of rotatable bonds is 2. The molecule has 0 aromatic carbocycles. The summed E-state index contributed by atoms with van der Waals surface area (Å²) in [6.45, 7) is 1.41. The first-order chi connectivity index (χ1) is 8.68. The standard InChI is InChI=1S/C11H10N4O3/c16-11-9(15(17)18)10(13-5-3-6-13)12-8-4-1-2-7-14(8)11/h1-2,4,7H,3,5-6H2. The molecule has 0 N–H and O–H groups in total. The summed E-state index contributed by atoms with van der Waals surface area (Å²) in [5.74, 6) is 0.183. The molecule has 0 bridgehead atoms. The van der Waals surface area contributed by atoms with Crippen LogP contribution in [0.25, 0.3) is 5.65 Å². The van der Waals surface area contributed by atoms with Crippen molar-refractivity contribution in [1.29, 1.82) is 0 Å². The molecule has 1 aliphatic rings. The summed E-state index contributed by atoms with van der Waals surface area (Å²) in [5.41, 5.74) is -0.652. The third kappa shape index (κ3) is 1.44. The number of nitro groups is 1. The van der Waals surface area contributed by atoms with Gasteiger partial charge in [0, 0.05) is 19.3 Å². The van der Waals surface area contributed by atoms with E-state index < -0.39 is 16.2 Å². The quantitative estimate of drug-likeness (QED) is 0.578. The first kappa shape index (κ1) is 10.7. The summed E-state index contributed by atoms with van der Waals surface area (Å²) in [7, 11) is 0. The first-order valence-corrected chi connectivity index (χ1v) is 5.59. The molecule has 7 heteroatoms. The van der Waals surface area contributed by atoms with Gasteiger partial charge < -0.3 is 4.90 Å². The maximum absolute atomic E-state index is 12.1. The van der Waals surface area contributed by atoms with Gasteiger partial charge in [0.1, 0.15) is 5.65 Å². The highest BCUT2D eigenvalue weighted by Gasteiger charge is 2.30. The summed E-state index contributed by atoms with van der Waals surface area (Å²) >= 11 is 0. The average molecular weight is 246 g/mol. The lowest BCUT2D eigenvalue weighted by Gasteiger charge is -2.31. The van der Waals surface area contributed by atoms with Gasteiger partial charge in [-0.15, -0.1) is 0 Å². The number of fused-ring (bicyclic) bond motifs is 1. The van der Waals surface area contributed by atoms with Crippen LogP contribution in [-0.4, -0.2) is 27.4 Å². The molecule has 0 aliphatic carbocycles. The summed E-state index contributed by atoms with van der Waals surface area (Å²) in [4.78, 5) is 28.5. The number of pyridine rings is 1. The molecule has 1 fully saturated rings. The van der Waals surface area contributed by atoms with E-state index in [0.717, 1.165) is 6.42 Å². The van der Waals surface area contributed by atoms with Crippen LogP contribution in [0.3, 0.4) is 0 Å². The molecule has 92 valence electrons. The van der Waals surface area contributed by atoms with Gasteiger partial charge in [-0.25, -0.2) is 4.98 Å². The maximum Gasteiger partial charge on any atom is 0.376 e. The fourth-order valence-electron chi connectivity index (χ4n) is 1.98. The van der Waals surface area contributed by atoms with Gasteiger partial charge in [0.25, 0.3) is 0 Å². The molecule has 0 saturated carbocycles. The first-order valence-electron chi connectivity index (χ1n) is 5.59. The summed E-state index contributed by atoms with van der Waals surface area (Å²) < 4.78 is 1.20. The SMILES string of the molecule is O=c1c([N+](=O)[O-])c(N2CCC2)nc2ccccn12. The van der Waals surface area contributed by atoms with Crippen molar-refractivity contribution in [1.82, 2.24) is 9.38 Å². The molecule has 0 spiro atoms. The molecule has 7 nitrogen and oxygen atoms in total. The van der Waals surface area contributed by atoms with Crippen molar-refractivity contribution in [3.8, 4) is 0 Å². The Morgan fingerprint density at radius 1 is 1.33 bits per heavy atom. The average Bonchev–Trinajstić information content (AvgIpc) is 2.26. The topological polar surface area (TPSA) is 80.8 Å². The van der Waals surface area contributed by atoms with Crippen molar-refractivity contribution in [3.63, 3.8) is 0 Å². The van der Waals surface area contributed by atoms with E-state index in [1.807, 2.05) is 0 Å². The second-order valence-electron chi connectivity index (χ2n) is 4.12. The predicted molar refractivity (Wildman–Crippen MR) is 64.9 cm³/mol. The van der Waals surface area contributed by atoms with Crippen LogP contribution in [0, 0.1) is 10.1 Å². The zero-order valence-electron chi connectivity index (χ0n) is 9.44. The molecular weight excluding hydrogens is 236 g/mol. The second kappa shape index (κ2) is 3.80. The molecule has 3 heterocycles. The number of anilines is 1. The Hall–Kier alpha value is -2.44.